The molecule has 138 valence electrons. The molecule has 3 rings (SSSR count). The average molecular weight is 376 g/mol. The zero-order valence-electron chi connectivity index (χ0n) is 14.7. The van der Waals surface area contributed by atoms with Gasteiger partial charge in [-0.1, -0.05) is 23.7 Å². The minimum absolute atomic E-state index is 0.111. The lowest BCUT2D eigenvalue weighted by Crippen LogP contribution is -2.31. The number of carbonyl (C=O) groups is 1. The normalized spacial score (nSPS) is 16.3. The zero-order valence-corrected chi connectivity index (χ0v) is 15.4. The summed E-state index contributed by atoms with van der Waals surface area (Å²) in [5.74, 6) is 1.11. The Bertz CT molecular complexity index is 759. The van der Waals surface area contributed by atoms with Gasteiger partial charge in [-0.25, -0.2) is 0 Å². The van der Waals surface area contributed by atoms with E-state index in [0.29, 0.717) is 28.6 Å². The van der Waals surface area contributed by atoms with Crippen molar-refractivity contribution in [2.24, 2.45) is 0 Å². The minimum atomic E-state index is -0.137. The van der Waals surface area contributed by atoms with Gasteiger partial charge in [-0.2, -0.15) is 0 Å². The maximum Gasteiger partial charge on any atom is 0.251 e. The molecule has 2 aromatic carbocycles. The molecule has 0 saturated carbocycles. The number of carbonyl (C=O) groups excluding carboxylic acids is 1. The molecule has 1 N–H and O–H groups in total. The first-order valence-corrected chi connectivity index (χ1v) is 8.99. The number of nitrogens with one attached hydrogen (secondary N) is 1. The summed E-state index contributed by atoms with van der Waals surface area (Å²) in [5.41, 5.74) is 1.33. The molecule has 6 heteroatoms. The number of halogens is 1. The molecule has 1 fully saturated rings. The number of methoxy groups -OCH3 is 1. The van der Waals surface area contributed by atoms with E-state index < -0.39 is 0 Å². The predicted octanol–water partition coefficient (Wildman–Crippen LogP) is 3.84. The predicted molar refractivity (Wildman–Crippen MR) is 100 cm³/mol. The van der Waals surface area contributed by atoms with Crippen LogP contribution in [0.15, 0.2) is 42.5 Å². The van der Waals surface area contributed by atoms with E-state index in [4.69, 9.17) is 25.8 Å². The van der Waals surface area contributed by atoms with Crippen LogP contribution >= 0.6 is 11.6 Å². The fourth-order valence-electron chi connectivity index (χ4n) is 2.86. The van der Waals surface area contributed by atoms with Crippen LogP contribution in [0.5, 0.6) is 11.5 Å². The van der Waals surface area contributed by atoms with Gasteiger partial charge in [0.25, 0.3) is 5.91 Å². The van der Waals surface area contributed by atoms with Crippen LogP contribution in [-0.4, -0.2) is 32.3 Å². The first-order chi connectivity index (χ1) is 12.7. The van der Waals surface area contributed by atoms with Gasteiger partial charge in [-0.15, -0.1) is 0 Å². The second kappa shape index (κ2) is 8.92. The van der Waals surface area contributed by atoms with Gasteiger partial charge < -0.3 is 19.5 Å². The molecule has 5 nitrogen and oxygen atoms in total. The van der Waals surface area contributed by atoms with Crippen LogP contribution in [-0.2, 0) is 11.3 Å². The Morgan fingerprint density at radius 3 is 2.85 bits per heavy atom. The van der Waals surface area contributed by atoms with Gasteiger partial charge in [-0.3, -0.25) is 4.79 Å². The highest BCUT2D eigenvalue weighted by Gasteiger charge is 2.17. The highest BCUT2D eigenvalue weighted by molar-refractivity contribution is 6.32. The van der Waals surface area contributed by atoms with Crippen LogP contribution in [0.2, 0.25) is 5.02 Å². The summed E-state index contributed by atoms with van der Waals surface area (Å²) in [4.78, 5) is 12.4. The van der Waals surface area contributed by atoms with E-state index in [1.54, 1.807) is 37.4 Å². The molecule has 26 heavy (non-hydrogen) atoms. The molecule has 1 saturated heterocycles. The first kappa shape index (κ1) is 18.5. The molecule has 2 aromatic rings. The Morgan fingerprint density at radius 2 is 2.12 bits per heavy atom. The van der Waals surface area contributed by atoms with Gasteiger partial charge in [-0.05, 0) is 43.2 Å². The van der Waals surface area contributed by atoms with E-state index in [1.165, 1.54) is 0 Å². The van der Waals surface area contributed by atoms with Crippen LogP contribution in [0.4, 0.5) is 0 Å². The van der Waals surface area contributed by atoms with Crippen molar-refractivity contribution in [2.75, 3.05) is 20.3 Å². The smallest absolute Gasteiger partial charge is 0.251 e. The maximum absolute atomic E-state index is 12.4. The summed E-state index contributed by atoms with van der Waals surface area (Å²) in [6.07, 6.45) is 2.15. The number of hydrogen-bond acceptors (Lipinski definition) is 4. The highest BCUT2D eigenvalue weighted by Crippen LogP contribution is 2.26. The third kappa shape index (κ3) is 4.68. The van der Waals surface area contributed by atoms with E-state index in [2.05, 4.69) is 5.32 Å². The fraction of sp³-hybridized carbons (Fsp3) is 0.350. The molecule has 1 aliphatic heterocycles. The van der Waals surface area contributed by atoms with Crippen LogP contribution in [0.1, 0.15) is 28.8 Å². The molecule has 0 radical (unpaired) electrons. The molecule has 0 aliphatic carbocycles. The van der Waals surface area contributed by atoms with Gasteiger partial charge >= 0.3 is 0 Å². The number of para-hydroxylation sites is 1. The highest BCUT2D eigenvalue weighted by atomic mass is 35.5. The van der Waals surface area contributed by atoms with Crippen molar-refractivity contribution in [1.82, 2.24) is 5.32 Å². The lowest BCUT2D eigenvalue weighted by molar-refractivity contribution is 0.0857. The Balaban J connectivity index is 1.67. The van der Waals surface area contributed by atoms with E-state index in [1.807, 2.05) is 12.1 Å². The summed E-state index contributed by atoms with van der Waals surface area (Å²) in [6, 6.07) is 12.5. The Hall–Kier alpha value is -2.24. The van der Waals surface area contributed by atoms with Crippen molar-refractivity contribution in [3.63, 3.8) is 0 Å². The number of rotatable bonds is 7. The average Bonchev–Trinajstić information content (AvgIpc) is 3.19. The molecule has 1 aliphatic rings. The summed E-state index contributed by atoms with van der Waals surface area (Å²) in [7, 11) is 1.59. The number of benzene rings is 2. The van der Waals surface area contributed by atoms with E-state index in [9.17, 15) is 4.79 Å². The Morgan fingerprint density at radius 1 is 1.27 bits per heavy atom. The molecule has 1 heterocycles. The number of ether oxygens (including phenoxy) is 3. The first-order valence-electron chi connectivity index (χ1n) is 8.61. The van der Waals surface area contributed by atoms with Crippen LogP contribution < -0.4 is 14.8 Å². The second-order valence-corrected chi connectivity index (χ2v) is 6.50. The molecular weight excluding hydrogens is 354 g/mol. The molecule has 1 amide bonds. The topological polar surface area (TPSA) is 56.8 Å². The fourth-order valence-corrected chi connectivity index (χ4v) is 3.05. The lowest BCUT2D eigenvalue weighted by atomic mass is 10.1. The molecule has 1 unspecified atom stereocenters. The van der Waals surface area contributed by atoms with Gasteiger partial charge in [0.1, 0.15) is 18.1 Å². The van der Waals surface area contributed by atoms with Crippen molar-refractivity contribution in [1.29, 1.82) is 0 Å². The van der Waals surface area contributed by atoms with Gasteiger partial charge in [0.05, 0.1) is 18.2 Å². The maximum atomic E-state index is 12.4. The number of amides is 1. The quantitative estimate of drug-likeness (QED) is 0.798. The van der Waals surface area contributed by atoms with E-state index >= 15 is 0 Å². The SMILES string of the molecule is COc1ccc(C(=O)NCC2CCCO2)cc1COc1ccccc1Cl. The number of hydrogen-bond donors (Lipinski definition) is 1. The largest absolute Gasteiger partial charge is 0.496 e. The molecule has 0 bridgehead atoms. The van der Waals surface area contributed by atoms with Gasteiger partial charge in [0.2, 0.25) is 0 Å². The summed E-state index contributed by atoms with van der Waals surface area (Å²) >= 11 is 6.12. The standard InChI is InChI=1S/C20H22ClNO4/c1-24-18-9-8-14(20(23)22-12-16-5-4-10-25-16)11-15(18)13-26-19-7-3-2-6-17(19)21/h2-3,6-9,11,16H,4-5,10,12-13H2,1H3,(H,22,23). The van der Waals surface area contributed by atoms with E-state index in [0.717, 1.165) is 25.0 Å². The van der Waals surface area contributed by atoms with Crippen molar-refractivity contribution in [2.45, 2.75) is 25.6 Å². The van der Waals surface area contributed by atoms with Gasteiger partial charge in [0, 0.05) is 24.3 Å². The Kier molecular flexibility index (Phi) is 6.36. The third-order valence-corrected chi connectivity index (χ3v) is 4.59. The van der Waals surface area contributed by atoms with Crippen LogP contribution in [0.25, 0.3) is 0 Å². The Labute approximate surface area is 158 Å². The summed E-state index contributed by atoms with van der Waals surface area (Å²) in [6.45, 7) is 1.54. The molecule has 0 aromatic heterocycles. The minimum Gasteiger partial charge on any atom is -0.496 e. The van der Waals surface area contributed by atoms with Gasteiger partial charge in [0.15, 0.2) is 0 Å². The van der Waals surface area contributed by atoms with Crippen LogP contribution in [0.3, 0.4) is 0 Å². The summed E-state index contributed by atoms with van der Waals surface area (Å²) < 4.78 is 16.7. The van der Waals surface area contributed by atoms with Crippen molar-refractivity contribution in [3.8, 4) is 11.5 Å². The van der Waals surface area contributed by atoms with E-state index in [-0.39, 0.29) is 18.6 Å². The van der Waals surface area contributed by atoms with Crippen molar-refractivity contribution >= 4 is 17.5 Å². The molecule has 0 spiro atoms. The lowest BCUT2D eigenvalue weighted by Gasteiger charge is -2.14. The monoisotopic (exact) mass is 375 g/mol. The van der Waals surface area contributed by atoms with Crippen molar-refractivity contribution < 1.29 is 19.0 Å². The van der Waals surface area contributed by atoms with Crippen molar-refractivity contribution in [3.05, 3.63) is 58.6 Å². The zero-order chi connectivity index (χ0) is 18.4. The summed E-state index contributed by atoms with van der Waals surface area (Å²) in [5, 5.41) is 3.46. The van der Waals surface area contributed by atoms with Crippen LogP contribution in [0, 0.1) is 0 Å². The molecular formula is C20H22ClNO4. The second-order valence-electron chi connectivity index (χ2n) is 6.09. The third-order valence-electron chi connectivity index (χ3n) is 4.28. The molecule has 1 atom stereocenters.